The normalized spacial score (nSPS) is 16.6. The lowest BCUT2D eigenvalue weighted by atomic mass is 10.0. The molecule has 92 valence electrons. The number of nitrogens with zero attached hydrogens (tertiary/aromatic N) is 1. The van der Waals surface area contributed by atoms with Crippen LogP contribution in [0.3, 0.4) is 0 Å². The molecule has 2 rings (SSSR count). The number of benzene rings is 1. The van der Waals surface area contributed by atoms with Gasteiger partial charge in [0.2, 0.25) is 0 Å². The molecule has 5 heteroatoms. The second kappa shape index (κ2) is 4.53. The first-order valence-corrected chi connectivity index (χ1v) is 6.12. The first-order chi connectivity index (χ1) is 8.06. The molecule has 1 aliphatic carbocycles. The molecule has 1 aromatic rings. The summed E-state index contributed by atoms with van der Waals surface area (Å²) in [4.78, 5) is 10.1. The van der Waals surface area contributed by atoms with E-state index in [9.17, 15) is 10.1 Å². The lowest BCUT2D eigenvalue weighted by molar-refractivity contribution is -0.384. The average Bonchev–Trinajstić information content (AvgIpc) is 3.08. The maximum atomic E-state index is 10.6. The second-order valence-electron chi connectivity index (χ2n) is 4.63. The number of nitro groups is 1. The molecular formula is C12H15ClN2O2. The molecule has 4 nitrogen and oxygen atoms in total. The molecule has 0 bridgehead atoms. The van der Waals surface area contributed by atoms with E-state index in [0.29, 0.717) is 10.4 Å². The molecule has 0 aliphatic heterocycles. The van der Waals surface area contributed by atoms with E-state index < -0.39 is 4.92 Å². The van der Waals surface area contributed by atoms with Gasteiger partial charge in [0.15, 0.2) is 0 Å². The van der Waals surface area contributed by atoms with E-state index in [1.165, 1.54) is 25.0 Å². The van der Waals surface area contributed by atoms with Gasteiger partial charge in [-0.1, -0.05) is 18.5 Å². The quantitative estimate of drug-likeness (QED) is 0.641. The van der Waals surface area contributed by atoms with Crippen LogP contribution in [0, 0.1) is 15.5 Å². The third-order valence-corrected chi connectivity index (χ3v) is 3.84. The van der Waals surface area contributed by atoms with Crippen molar-refractivity contribution < 1.29 is 4.92 Å². The highest BCUT2D eigenvalue weighted by molar-refractivity contribution is 6.33. The standard InChI is InChI=1S/C12H15ClN2O2/c1-2-12(5-6-12)8-14-11-4-3-9(15(16)17)7-10(11)13/h3-4,7,14H,2,5-6,8H2,1H3. The van der Waals surface area contributed by atoms with Crippen LogP contribution in [-0.2, 0) is 0 Å². The summed E-state index contributed by atoms with van der Waals surface area (Å²) in [5.74, 6) is 0. The topological polar surface area (TPSA) is 55.2 Å². The zero-order chi connectivity index (χ0) is 12.5. The first kappa shape index (κ1) is 12.2. The summed E-state index contributed by atoms with van der Waals surface area (Å²) in [6.07, 6.45) is 3.66. The van der Waals surface area contributed by atoms with Crippen LogP contribution < -0.4 is 5.32 Å². The summed E-state index contributed by atoms with van der Waals surface area (Å²) in [7, 11) is 0. The number of anilines is 1. The van der Waals surface area contributed by atoms with Crippen molar-refractivity contribution in [2.24, 2.45) is 5.41 Å². The van der Waals surface area contributed by atoms with Gasteiger partial charge in [-0.3, -0.25) is 10.1 Å². The minimum absolute atomic E-state index is 0.0252. The summed E-state index contributed by atoms with van der Waals surface area (Å²) in [5.41, 5.74) is 1.22. The summed E-state index contributed by atoms with van der Waals surface area (Å²) in [6, 6.07) is 4.53. The average molecular weight is 255 g/mol. The molecule has 0 atom stereocenters. The fourth-order valence-corrected chi connectivity index (χ4v) is 2.12. The number of rotatable bonds is 5. The molecule has 0 spiro atoms. The van der Waals surface area contributed by atoms with Crippen molar-refractivity contribution >= 4 is 23.0 Å². The second-order valence-corrected chi connectivity index (χ2v) is 5.04. The molecule has 0 heterocycles. The predicted molar refractivity (Wildman–Crippen MR) is 68.6 cm³/mol. The highest BCUT2D eigenvalue weighted by atomic mass is 35.5. The van der Waals surface area contributed by atoms with Crippen LogP contribution in [0.1, 0.15) is 26.2 Å². The van der Waals surface area contributed by atoms with E-state index in [1.54, 1.807) is 6.07 Å². The minimum atomic E-state index is -0.440. The Bertz CT molecular complexity index is 444. The molecule has 0 unspecified atom stereocenters. The van der Waals surface area contributed by atoms with E-state index in [1.807, 2.05) is 0 Å². The van der Waals surface area contributed by atoms with Gasteiger partial charge in [-0.25, -0.2) is 0 Å². The van der Waals surface area contributed by atoms with Crippen molar-refractivity contribution in [1.29, 1.82) is 0 Å². The zero-order valence-electron chi connectivity index (χ0n) is 9.70. The number of nitrogens with one attached hydrogen (secondary N) is 1. The Kier molecular flexibility index (Phi) is 3.24. The molecule has 0 radical (unpaired) electrons. The smallest absolute Gasteiger partial charge is 0.271 e. The Morgan fingerprint density at radius 3 is 2.71 bits per heavy atom. The predicted octanol–water partition coefficient (Wildman–Crippen LogP) is 3.85. The molecule has 1 aromatic carbocycles. The largest absolute Gasteiger partial charge is 0.383 e. The Morgan fingerprint density at radius 1 is 1.53 bits per heavy atom. The Morgan fingerprint density at radius 2 is 2.24 bits per heavy atom. The Hall–Kier alpha value is -1.29. The summed E-state index contributed by atoms with van der Waals surface area (Å²) >= 11 is 6.00. The first-order valence-electron chi connectivity index (χ1n) is 5.74. The molecule has 17 heavy (non-hydrogen) atoms. The van der Waals surface area contributed by atoms with Gasteiger partial charge in [-0.05, 0) is 30.7 Å². The number of hydrogen-bond acceptors (Lipinski definition) is 3. The number of halogens is 1. The van der Waals surface area contributed by atoms with Crippen molar-refractivity contribution in [2.75, 3.05) is 11.9 Å². The molecule has 1 saturated carbocycles. The van der Waals surface area contributed by atoms with Crippen LogP contribution in [0.5, 0.6) is 0 Å². The molecule has 1 fully saturated rings. The third kappa shape index (κ3) is 2.69. The van der Waals surface area contributed by atoms with Gasteiger partial charge < -0.3 is 5.32 Å². The Balaban J connectivity index is 2.04. The maximum absolute atomic E-state index is 10.6. The van der Waals surface area contributed by atoms with Crippen molar-refractivity contribution in [2.45, 2.75) is 26.2 Å². The highest BCUT2D eigenvalue weighted by Gasteiger charge is 2.40. The van der Waals surface area contributed by atoms with Gasteiger partial charge in [0.05, 0.1) is 15.6 Å². The SMILES string of the molecule is CCC1(CNc2ccc([N+](=O)[O-])cc2Cl)CC1. The van der Waals surface area contributed by atoms with Gasteiger partial charge in [0, 0.05) is 18.7 Å². The maximum Gasteiger partial charge on any atom is 0.271 e. The van der Waals surface area contributed by atoms with Crippen molar-refractivity contribution in [3.63, 3.8) is 0 Å². The highest BCUT2D eigenvalue weighted by Crippen LogP contribution is 2.48. The van der Waals surface area contributed by atoms with Crippen molar-refractivity contribution in [3.05, 3.63) is 33.3 Å². The van der Waals surface area contributed by atoms with Gasteiger partial charge in [0.1, 0.15) is 0 Å². The molecule has 0 amide bonds. The number of hydrogen-bond donors (Lipinski definition) is 1. The third-order valence-electron chi connectivity index (χ3n) is 3.52. The Labute approximate surface area is 105 Å². The van der Waals surface area contributed by atoms with Gasteiger partial charge >= 0.3 is 0 Å². The molecular weight excluding hydrogens is 240 g/mol. The van der Waals surface area contributed by atoms with E-state index in [-0.39, 0.29) is 5.69 Å². The van der Waals surface area contributed by atoms with E-state index >= 15 is 0 Å². The molecule has 0 aromatic heterocycles. The van der Waals surface area contributed by atoms with Crippen LogP contribution in [0.15, 0.2) is 18.2 Å². The molecule has 0 saturated heterocycles. The van der Waals surface area contributed by atoms with Crippen LogP contribution >= 0.6 is 11.6 Å². The van der Waals surface area contributed by atoms with Gasteiger partial charge in [-0.2, -0.15) is 0 Å². The van der Waals surface area contributed by atoms with E-state index in [0.717, 1.165) is 18.7 Å². The summed E-state index contributed by atoms with van der Waals surface area (Å²) in [5, 5.41) is 14.3. The minimum Gasteiger partial charge on any atom is -0.383 e. The number of nitro benzene ring substituents is 1. The van der Waals surface area contributed by atoms with E-state index in [4.69, 9.17) is 11.6 Å². The summed E-state index contributed by atoms with van der Waals surface area (Å²) in [6.45, 7) is 3.08. The monoisotopic (exact) mass is 254 g/mol. The summed E-state index contributed by atoms with van der Waals surface area (Å²) < 4.78 is 0. The zero-order valence-corrected chi connectivity index (χ0v) is 10.5. The van der Waals surface area contributed by atoms with Gasteiger partial charge in [-0.15, -0.1) is 0 Å². The van der Waals surface area contributed by atoms with Crippen LogP contribution in [0.4, 0.5) is 11.4 Å². The fraction of sp³-hybridized carbons (Fsp3) is 0.500. The van der Waals surface area contributed by atoms with Crippen LogP contribution in [0.2, 0.25) is 5.02 Å². The van der Waals surface area contributed by atoms with E-state index in [2.05, 4.69) is 12.2 Å². The van der Waals surface area contributed by atoms with Crippen LogP contribution in [0.25, 0.3) is 0 Å². The molecule has 1 N–H and O–H groups in total. The van der Waals surface area contributed by atoms with Crippen LogP contribution in [-0.4, -0.2) is 11.5 Å². The fourth-order valence-electron chi connectivity index (χ4n) is 1.88. The van der Waals surface area contributed by atoms with Crippen molar-refractivity contribution in [1.82, 2.24) is 0 Å². The molecule has 1 aliphatic rings. The van der Waals surface area contributed by atoms with Gasteiger partial charge in [0.25, 0.3) is 5.69 Å². The lowest BCUT2D eigenvalue weighted by Gasteiger charge is -2.15. The lowest BCUT2D eigenvalue weighted by Crippen LogP contribution is -2.14. The number of non-ortho nitro benzene ring substituents is 1. The van der Waals surface area contributed by atoms with Crippen molar-refractivity contribution in [3.8, 4) is 0 Å².